The summed E-state index contributed by atoms with van der Waals surface area (Å²) in [4.78, 5) is 49.4. The lowest BCUT2D eigenvalue weighted by Gasteiger charge is -2.40. The van der Waals surface area contributed by atoms with Crippen LogP contribution in [0.1, 0.15) is 20.8 Å². The van der Waals surface area contributed by atoms with Crippen LogP contribution in [0.3, 0.4) is 0 Å². The molecule has 0 spiro atoms. The third-order valence-corrected chi connectivity index (χ3v) is 3.74. The van der Waals surface area contributed by atoms with Crippen LogP contribution in [0.25, 0.3) is 10.4 Å². The molecule has 13 heteroatoms. The number of ether oxygens (including phenoxy) is 4. The zero-order valence-electron chi connectivity index (χ0n) is 16.2. The number of azide groups is 1. The Hall–Kier alpha value is -3.31. The lowest BCUT2D eigenvalue weighted by molar-refractivity contribution is -0.184. The Kier molecular flexibility index (Phi) is 8.90. The van der Waals surface area contributed by atoms with Gasteiger partial charge in [-0.05, 0) is 11.6 Å². The van der Waals surface area contributed by atoms with Crippen molar-refractivity contribution in [2.45, 2.75) is 51.2 Å². The minimum absolute atomic E-state index is 0.381. The largest absolute Gasteiger partial charge is 0.477 e. The average molecular weight is 414 g/mol. The summed E-state index contributed by atoms with van der Waals surface area (Å²) in [7, 11) is 1.09. The summed E-state index contributed by atoms with van der Waals surface area (Å²) in [5, 5.41) is 15.7. The maximum absolute atomic E-state index is 12.0. The van der Waals surface area contributed by atoms with Crippen molar-refractivity contribution in [3.05, 3.63) is 22.3 Å². The van der Waals surface area contributed by atoms with Gasteiger partial charge in [0.05, 0.1) is 25.8 Å². The van der Waals surface area contributed by atoms with E-state index in [1.54, 1.807) is 0 Å². The van der Waals surface area contributed by atoms with Gasteiger partial charge in [-0.2, -0.15) is 0 Å². The number of amides is 1. The van der Waals surface area contributed by atoms with Gasteiger partial charge < -0.3 is 29.4 Å². The van der Waals surface area contributed by atoms with Crippen molar-refractivity contribution in [2.75, 3.05) is 13.7 Å². The van der Waals surface area contributed by atoms with Gasteiger partial charge in [0.1, 0.15) is 0 Å². The number of rotatable bonds is 8. The molecular formula is C16H22N4O9. The first-order valence-electron chi connectivity index (χ1n) is 8.38. The van der Waals surface area contributed by atoms with E-state index in [1.807, 2.05) is 0 Å². The van der Waals surface area contributed by atoms with Gasteiger partial charge in [-0.25, -0.2) is 4.79 Å². The Labute approximate surface area is 165 Å². The maximum atomic E-state index is 12.0. The SMILES string of the molecule is COC(=O)C1=C[C@H](N=[N+]=[N-])[C@@H](NC(C)=O)[C@H]([C@H](OC(C)=O)[C@@H](CO)OC(C)=O)O1. The number of hydrogen-bond donors (Lipinski definition) is 2. The van der Waals surface area contributed by atoms with E-state index in [2.05, 4.69) is 20.1 Å². The molecule has 1 heterocycles. The molecule has 160 valence electrons. The molecule has 0 saturated heterocycles. The lowest BCUT2D eigenvalue weighted by Crippen LogP contribution is -2.60. The van der Waals surface area contributed by atoms with Gasteiger partial charge in [0, 0.05) is 25.7 Å². The van der Waals surface area contributed by atoms with Crippen molar-refractivity contribution < 1.29 is 43.2 Å². The number of carbonyl (C=O) groups excluding carboxylic acids is 4. The number of esters is 3. The van der Waals surface area contributed by atoms with Crippen LogP contribution in [-0.2, 0) is 38.1 Å². The lowest BCUT2D eigenvalue weighted by atomic mass is 9.92. The van der Waals surface area contributed by atoms with Gasteiger partial charge >= 0.3 is 17.9 Å². The van der Waals surface area contributed by atoms with Gasteiger partial charge in [-0.15, -0.1) is 0 Å². The summed E-state index contributed by atoms with van der Waals surface area (Å²) in [6, 6.07) is -2.28. The summed E-state index contributed by atoms with van der Waals surface area (Å²) in [5.41, 5.74) is 8.86. The number of methoxy groups -OCH3 is 1. The summed E-state index contributed by atoms with van der Waals surface area (Å²) in [5.74, 6) is -3.47. The number of nitrogens with one attached hydrogen (secondary N) is 1. The van der Waals surface area contributed by atoms with Crippen molar-refractivity contribution >= 4 is 23.8 Å². The number of hydrogen-bond acceptors (Lipinski definition) is 10. The topological polar surface area (TPSA) is 186 Å². The number of carbonyl (C=O) groups is 4. The Balaban J connectivity index is 3.51. The van der Waals surface area contributed by atoms with E-state index in [0.717, 1.165) is 27.0 Å². The second-order valence-corrected chi connectivity index (χ2v) is 5.93. The smallest absolute Gasteiger partial charge is 0.372 e. The maximum Gasteiger partial charge on any atom is 0.372 e. The van der Waals surface area contributed by atoms with Crippen LogP contribution in [0.4, 0.5) is 0 Å². The quantitative estimate of drug-likeness (QED) is 0.173. The highest BCUT2D eigenvalue weighted by Crippen LogP contribution is 2.28. The second-order valence-electron chi connectivity index (χ2n) is 5.93. The average Bonchev–Trinajstić information content (AvgIpc) is 2.64. The summed E-state index contributed by atoms with van der Waals surface area (Å²) in [6.45, 7) is 2.55. The molecule has 0 saturated carbocycles. The predicted octanol–water partition coefficient (Wildman–Crippen LogP) is -0.519. The van der Waals surface area contributed by atoms with Crippen LogP contribution in [0, 0.1) is 0 Å². The Morgan fingerprint density at radius 3 is 2.34 bits per heavy atom. The summed E-state index contributed by atoms with van der Waals surface area (Å²) >= 11 is 0. The molecule has 0 aromatic rings. The minimum atomic E-state index is -1.47. The molecule has 0 aliphatic carbocycles. The number of aliphatic hydroxyl groups is 1. The van der Waals surface area contributed by atoms with Crippen LogP contribution in [0.2, 0.25) is 0 Å². The molecular weight excluding hydrogens is 392 g/mol. The molecule has 0 unspecified atom stereocenters. The predicted molar refractivity (Wildman–Crippen MR) is 93.7 cm³/mol. The van der Waals surface area contributed by atoms with Crippen molar-refractivity contribution in [1.82, 2.24) is 5.32 Å². The van der Waals surface area contributed by atoms with Crippen LogP contribution >= 0.6 is 0 Å². The monoisotopic (exact) mass is 414 g/mol. The molecule has 0 aromatic carbocycles. The fraction of sp³-hybridized carbons (Fsp3) is 0.625. The van der Waals surface area contributed by atoms with Gasteiger partial charge in [0.2, 0.25) is 11.7 Å². The highest BCUT2D eigenvalue weighted by atomic mass is 16.6. The van der Waals surface area contributed by atoms with Crippen molar-refractivity contribution in [3.63, 3.8) is 0 Å². The van der Waals surface area contributed by atoms with Crippen LogP contribution < -0.4 is 5.32 Å². The van der Waals surface area contributed by atoms with Crippen molar-refractivity contribution in [3.8, 4) is 0 Å². The summed E-state index contributed by atoms with van der Waals surface area (Å²) in [6.07, 6.45) is -3.12. The van der Waals surface area contributed by atoms with Crippen molar-refractivity contribution in [1.29, 1.82) is 0 Å². The molecule has 0 fully saturated rings. The first kappa shape index (κ1) is 23.7. The molecule has 2 N–H and O–H groups in total. The molecule has 0 aromatic heterocycles. The Morgan fingerprint density at radius 1 is 1.28 bits per heavy atom. The first-order valence-corrected chi connectivity index (χ1v) is 8.38. The zero-order valence-corrected chi connectivity index (χ0v) is 16.2. The van der Waals surface area contributed by atoms with E-state index < -0.39 is 60.8 Å². The number of aliphatic hydroxyl groups excluding tert-OH is 1. The summed E-state index contributed by atoms with van der Waals surface area (Å²) < 4.78 is 20.3. The molecule has 1 rings (SSSR count). The standard InChI is InChI=1S/C16H22N4O9/c1-7(22)18-13-10(19-20-17)5-11(16(25)26-4)29-15(13)14(28-9(3)24)12(6-21)27-8(2)23/h5,10,12-15,21H,6H2,1-4H3,(H,18,22)/t10-,12+,13+,14+,15+/m0/s1. The highest BCUT2D eigenvalue weighted by molar-refractivity contribution is 5.86. The Morgan fingerprint density at radius 2 is 1.90 bits per heavy atom. The van der Waals surface area contributed by atoms with Gasteiger partial charge in [-0.3, -0.25) is 14.4 Å². The fourth-order valence-electron chi connectivity index (χ4n) is 2.74. The van der Waals surface area contributed by atoms with Crippen LogP contribution in [-0.4, -0.2) is 73.0 Å². The zero-order chi connectivity index (χ0) is 22.1. The van der Waals surface area contributed by atoms with E-state index in [9.17, 15) is 24.3 Å². The van der Waals surface area contributed by atoms with Crippen LogP contribution in [0.15, 0.2) is 16.9 Å². The first-order chi connectivity index (χ1) is 13.6. The van der Waals surface area contributed by atoms with E-state index in [-0.39, 0.29) is 5.76 Å². The van der Waals surface area contributed by atoms with Gasteiger partial charge in [0.15, 0.2) is 18.3 Å². The molecule has 0 bridgehead atoms. The van der Waals surface area contributed by atoms with Crippen LogP contribution in [0.5, 0.6) is 0 Å². The van der Waals surface area contributed by atoms with Crippen molar-refractivity contribution in [2.24, 2.45) is 5.11 Å². The fourth-order valence-corrected chi connectivity index (χ4v) is 2.74. The highest BCUT2D eigenvalue weighted by Gasteiger charge is 2.47. The molecule has 0 radical (unpaired) electrons. The van der Waals surface area contributed by atoms with E-state index >= 15 is 0 Å². The normalized spacial score (nSPS) is 22.5. The minimum Gasteiger partial charge on any atom is -0.477 e. The van der Waals surface area contributed by atoms with E-state index in [0.29, 0.717) is 0 Å². The molecule has 1 amide bonds. The third-order valence-electron chi connectivity index (χ3n) is 3.74. The van der Waals surface area contributed by atoms with E-state index in [1.165, 1.54) is 6.92 Å². The molecule has 1 aliphatic rings. The van der Waals surface area contributed by atoms with E-state index in [4.69, 9.17) is 19.7 Å². The molecule has 5 atom stereocenters. The molecule has 1 aliphatic heterocycles. The Bertz CT molecular complexity index is 732. The molecule has 29 heavy (non-hydrogen) atoms. The molecule has 13 nitrogen and oxygen atoms in total. The third kappa shape index (κ3) is 6.66. The van der Waals surface area contributed by atoms with Gasteiger partial charge in [-0.1, -0.05) is 5.11 Å². The number of nitrogens with zero attached hydrogens (tertiary/aromatic N) is 3. The van der Waals surface area contributed by atoms with Gasteiger partial charge in [0.25, 0.3) is 0 Å². The second kappa shape index (κ2) is 10.9.